The molecule has 0 bridgehead atoms. The first-order valence-electron chi connectivity index (χ1n) is 15.6. The van der Waals surface area contributed by atoms with Crippen LogP contribution in [0.25, 0.3) is 0 Å². The molecule has 2 aromatic carbocycles. The molecule has 0 aromatic heterocycles. The predicted molar refractivity (Wildman–Crippen MR) is 166 cm³/mol. The molecular formula is C34H48N5O2+. The van der Waals surface area contributed by atoms with E-state index in [1.807, 2.05) is 12.1 Å². The monoisotopic (exact) mass is 558 g/mol. The van der Waals surface area contributed by atoms with Crippen LogP contribution in [0.3, 0.4) is 0 Å². The van der Waals surface area contributed by atoms with Crippen molar-refractivity contribution in [1.29, 1.82) is 0 Å². The molecule has 2 heterocycles. The molecule has 2 aliphatic heterocycles. The van der Waals surface area contributed by atoms with Gasteiger partial charge >= 0.3 is 11.9 Å². The van der Waals surface area contributed by atoms with E-state index in [1.54, 1.807) is 19.0 Å². The standard InChI is InChI=1S/C34H48N5O2/c1-4-5-6-7-8-9-10-11-12-19-24-39-30(35-32-31(39)33(40)37(3)34(41)36(32)2)27-38(25-28-20-15-13-16-21-28)26-29-22-17-14-18-23-29/h13-18,20-23,31H,4-12,19,24-27H2,1-3H3/q+1. The Balaban J connectivity index is 1.48. The highest BCUT2D eigenvalue weighted by Crippen LogP contribution is 2.21. The quantitative estimate of drug-likeness (QED) is 0.169. The fraction of sp³-hybridized carbons (Fsp3) is 0.529. The maximum Gasteiger partial charge on any atom is 0.333 e. The molecule has 2 aromatic rings. The van der Waals surface area contributed by atoms with E-state index in [-0.39, 0.29) is 11.9 Å². The largest absolute Gasteiger partial charge is 0.333 e. The van der Waals surface area contributed by atoms with Crippen LogP contribution in [0.4, 0.5) is 4.79 Å². The van der Waals surface area contributed by atoms with Gasteiger partial charge in [0, 0.05) is 27.2 Å². The van der Waals surface area contributed by atoms with Gasteiger partial charge in [-0.15, -0.1) is 0 Å². The van der Waals surface area contributed by atoms with Crippen molar-refractivity contribution < 1.29 is 14.2 Å². The van der Waals surface area contributed by atoms with Crippen molar-refractivity contribution in [1.82, 2.24) is 14.7 Å². The summed E-state index contributed by atoms with van der Waals surface area (Å²) in [5, 5.41) is 0. The second kappa shape index (κ2) is 15.6. The van der Waals surface area contributed by atoms with Gasteiger partial charge in [0.2, 0.25) is 0 Å². The van der Waals surface area contributed by atoms with Gasteiger partial charge in [0.1, 0.15) is 6.54 Å². The predicted octanol–water partition coefficient (Wildman–Crippen LogP) is 6.33. The summed E-state index contributed by atoms with van der Waals surface area (Å²) < 4.78 is 2.17. The number of carbonyl (C=O) groups is 2. The molecule has 1 fully saturated rings. The molecule has 0 N–H and O–H groups in total. The molecule has 220 valence electrons. The molecule has 0 aliphatic carbocycles. The number of fused-ring (bicyclic) bond motifs is 1. The molecule has 7 heteroatoms. The zero-order valence-electron chi connectivity index (χ0n) is 25.3. The van der Waals surface area contributed by atoms with Gasteiger partial charge in [-0.05, 0) is 29.0 Å². The maximum absolute atomic E-state index is 13.4. The second-order valence-electron chi connectivity index (χ2n) is 11.5. The lowest BCUT2D eigenvalue weighted by atomic mass is 10.1. The lowest BCUT2D eigenvalue weighted by Gasteiger charge is -2.30. The molecule has 1 saturated heterocycles. The highest BCUT2D eigenvalue weighted by Gasteiger charge is 2.52. The Morgan fingerprint density at radius 2 is 1.22 bits per heavy atom. The zero-order valence-corrected chi connectivity index (χ0v) is 25.3. The molecule has 4 rings (SSSR count). The van der Waals surface area contributed by atoms with E-state index >= 15 is 0 Å². The number of unbranched alkanes of at least 4 members (excludes halogenated alkanes) is 9. The van der Waals surface area contributed by atoms with Gasteiger partial charge in [0.05, 0.1) is 6.54 Å². The van der Waals surface area contributed by atoms with Crippen molar-refractivity contribution in [2.24, 2.45) is 4.99 Å². The topological polar surface area (TPSA) is 59.2 Å². The van der Waals surface area contributed by atoms with E-state index in [9.17, 15) is 9.59 Å². The molecule has 1 unspecified atom stereocenters. The third-order valence-corrected chi connectivity index (χ3v) is 8.23. The Hall–Kier alpha value is -3.32. The highest BCUT2D eigenvalue weighted by molar-refractivity contribution is 6.23. The number of amides is 3. The first-order chi connectivity index (χ1) is 20.0. The number of amidine groups is 2. The first kappa shape index (κ1) is 30.6. The van der Waals surface area contributed by atoms with Crippen molar-refractivity contribution in [3.05, 3.63) is 71.8 Å². The van der Waals surface area contributed by atoms with Crippen molar-refractivity contribution in [2.75, 3.05) is 27.2 Å². The minimum Gasteiger partial charge on any atom is -0.284 e. The van der Waals surface area contributed by atoms with Crippen LogP contribution in [0.2, 0.25) is 0 Å². The minimum absolute atomic E-state index is 0.188. The number of likely N-dealkylation sites (N-methyl/N-ethyl adjacent to an activating group) is 2. The van der Waals surface area contributed by atoms with Gasteiger partial charge in [-0.1, -0.05) is 119 Å². The summed E-state index contributed by atoms with van der Waals surface area (Å²) in [4.78, 5) is 36.3. The summed E-state index contributed by atoms with van der Waals surface area (Å²) in [5.74, 6) is 1.24. The van der Waals surface area contributed by atoms with Gasteiger partial charge < -0.3 is 0 Å². The van der Waals surface area contributed by atoms with E-state index in [0.717, 1.165) is 38.3 Å². The second-order valence-corrected chi connectivity index (χ2v) is 11.5. The Morgan fingerprint density at radius 3 is 1.76 bits per heavy atom. The van der Waals surface area contributed by atoms with Crippen LogP contribution in [0.15, 0.2) is 65.7 Å². The van der Waals surface area contributed by atoms with Crippen LogP contribution in [-0.2, 0) is 17.9 Å². The molecule has 0 saturated carbocycles. The van der Waals surface area contributed by atoms with Crippen molar-refractivity contribution in [3.8, 4) is 0 Å². The summed E-state index contributed by atoms with van der Waals surface area (Å²) in [5.41, 5.74) is 2.47. The molecule has 0 radical (unpaired) electrons. The number of hydrogen-bond donors (Lipinski definition) is 0. The van der Waals surface area contributed by atoms with Crippen LogP contribution in [-0.4, -0.2) is 76.1 Å². The molecular weight excluding hydrogens is 510 g/mol. The lowest BCUT2D eigenvalue weighted by molar-refractivity contribution is -0.537. The van der Waals surface area contributed by atoms with Crippen LogP contribution in [0.5, 0.6) is 0 Å². The Kier molecular flexibility index (Phi) is 11.7. The Morgan fingerprint density at radius 1 is 0.707 bits per heavy atom. The fourth-order valence-corrected chi connectivity index (χ4v) is 5.85. The molecule has 41 heavy (non-hydrogen) atoms. The number of benzene rings is 2. The molecule has 1 atom stereocenters. The number of carbonyl (C=O) groups excluding carboxylic acids is 2. The summed E-state index contributed by atoms with van der Waals surface area (Å²) >= 11 is 0. The number of imide groups is 1. The molecule has 0 spiro atoms. The number of urea groups is 1. The Bertz CT molecular complexity index is 1150. The highest BCUT2D eigenvalue weighted by atomic mass is 16.2. The van der Waals surface area contributed by atoms with Crippen molar-refractivity contribution in [3.63, 3.8) is 0 Å². The normalized spacial score (nSPS) is 17.1. The van der Waals surface area contributed by atoms with Crippen LogP contribution in [0, 0.1) is 0 Å². The Labute approximate surface area is 246 Å². The van der Waals surface area contributed by atoms with Crippen LogP contribution in [0.1, 0.15) is 82.3 Å². The average Bonchev–Trinajstić information content (AvgIpc) is 3.34. The van der Waals surface area contributed by atoms with E-state index in [2.05, 4.69) is 64.9 Å². The minimum atomic E-state index is -0.536. The zero-order chi connectivity index (χ0) is 29.0. The third-order valence-electron chi connectivity index (χ3n) is 8.23. The smallest absolute Gasteiger partial charge is 0.284 e. The summed E-state index contributed by atoms with van der Waals surface area (Å²) in [6, 6.07) is 20.1. The van der Waals surface area contributed by atoms with E-state index in [0.29, 0.717) is 12.4 Å². The van der Waals surface area contributed by atoms with Gasteiger partial charge in [0.15, 0.2) is 0 Å². The lowest BCUT2D eigenvalue weighted by Crippen LogP contribution is -2.61. The van der Waals surface area contributed by atoms with Crippen molar-refractivity contribution in [2.45, 2.75) is 90.3 Å². The summed E-state index contributed by atoms with van der Waals surface area (Å²) in [6.45, 7) is 5.15. The summed E-state index contributed by atoms with van der Waals surface area (Å²) in [7, 11) is 3.30. The maximum atomic E-state index is 13.4. The van der Waals surface area contributed by atoms with Gasteiger partial charge in [-0.25, -0.2) is 9.37 Å². The SMILES string of the molecule is CCCCCCCCCCCC[N+]1=C(CN(Cc2ccccc2)Cc2ccccc2)N=C2C1C(=O)N(C)C(=O)N2C. The molecule has 3 amide bonds. The third kappa shape index (κ3) is 8.35. The van der Waals surface area contributed by atoms with Gasteiger partial charge in [-0.2, -0.15) is 0 Å². The van der Waals surface area contributed by atoms with E-state index < -0.39 is 6.04 Å². The van der Waals surface area contributed by atoms with E-state index in [4.69, 9.17) is 4.99 Å². The van der Waals surface area contributed by atoms with Gasteiger partial charge in [-0.3, -0.25) is 19.5 Å². The van der Waals surface area contributed by atoms with Crippen LogP contribution < -0.4 is 0 Å². The summed E-state index contributed by atoms with van der Waals surface area (Å²) in [6.07, 6.45) is 12.6. The number of nitrogens with zero attached hydrogens (tertiary/aromatic N) is 5. The van der Waals surface area contributed by atoms with Crippen LogP contribution >= 0.6 is 0 Å². The first-order valence-corrected chi connectivity index (χ1v) is 15.6. The average molecular weight is 559 g/mol. The van der Waals surface area contributed by atoms with Gasteiger partial charge in [0.25, 0.3) is 17.8 Å². The molecule has 2 aliphatic rings. The number of aliphatic imine (C=N–C) groups is 1. The fourth-order valence-electron chi connectivity index (χ4n) is 5.85. The molecule has 7 nitrogen and oxygen atoms in total. The number of hydrogen-bond acceptors (Lipinski definition) is 4. The van der Waals surface area contributed by atoms with Crippen molar-refractivity contribution >= 4 is 23.6 Å². The van der Waals surface area contributed by atoms with E-state index in [1.165, 1.54) is 67.4 Å². The number of rotatable bonds is 17.